The molecule has 6 nitrogen and oxygen atoms in total. The highest BCUT2D eigenvalue weighted by atomic mass is 16.2. The number of nitrogens with one attached hydrogen (secondary N) is 1. The first-order valence-electron chi connectivity index (χ1n) is 6.01. The second kappa shape index (κ2) is 4.31. The van der Waals surface area contributed by atoms with E-state index in [1.807, 2.05) is 24.3 Å². The number of anilines is 1. The third-order valence-corrected chi connectivity index (χ3v) is 3.20. The minimum atomic E-state index is -0.510. The lowest BCUT2D eigenvalue weighted by Gasteiger charge is -2.20. The minimum absolute atomic E-state index is 0.255. The van der Waals surface area contributed by atoms with Crippen LogP contribution in [0.4, 0.5) is 5.82 Å². The first-order valence-corrected chi connectivity index (χ1v) is 6.01. The molecule has 2 aromatic rings. The van der Waals surface area contributed by atoms with Crippen LogP contribution in [-0.4, -0.2) is 21.8 Å². The highest BCUT2D eigenvalue weighted by Crippen LogP contribution is 2.25. The van der Waals surface area contributed by atoms with Crippen LogP contribution < -0.4 is 11.1 Å². The van der Waals surface area contributed by atoms with E-state index in [0.29, 0.717) is 30.0 Å². The summed E-state index contributed by atoms with van der Waals surface area (Å²) in [5.74, 6) is -0.392. The summed E-state index contributed by atoms with van der Waals surface area (Å²) in [4.78, 5) is 31.5. The van der Waals surface area contributed by atoms with E-state index in [0.717, 1.165) is 5.39 Å². The molecule has 1 fully saturated rings. The number of nitrogens with two attached hydrogens (primary N) is 1. The molecule has 2 heterocycles. The highest BCUT2D eigenvalue weighted by Gasteiger charge is 2.30. The topological polar surface area (TPSA) is 98.0 Å². The van der Waals surface area contributed by atoms with Gasteiger partial charge in [0, 0.05) is 11.8 Å². The molecule has 1 aliphatic heterocycles. The molecule has 96 valence electrons. The molecule has 0 radical (unpaired) electrons. The van der Waals surface area contributed by atoms with E-state index >= 15 is 0 Å². The van der Waals surface area contributed by atoms with Crippen LogP contribution in [0, 0.1) is 0 Å². The Kier molecular flexibility index (Phi) is 2.63. The molecule has 3 rings (SSSR count). The molecule has 1 aromatic carbocycles. The number of hydrogen-bond donors (Lipinski definition) is 2. The summed E-state index contributed by atoms with van der Waals surface area (Å²) in [5.41, 5.74) is 6.59. The Morgan fingerprint density at radius 2 is 2.00 bits per heavy atom. The van der Waals surface area contributed by atoms with Gasteiger partial charge in [-0.15, -0.1) is 0 Å². The molecule has 1 saturated heterocycles. The first-order chi connectivity index (χ1) is 9.15. The van der Waals surface area contributed by atoms with Crippen molar-refractivity contribution < 1.29 is 9.59 Å². The van der Waals surface area contributed by atoms with Crippen molar-refractivity contribution >= 4 is 28.5 Å². The standard InChI is InChI=1S/C13H12N4O2/c14-11-7-3-1-2-4-9(7)15-12(17-11)8-5-6-10(18)16-13(8)19/h1-4,8H,5-6H2,(H2,14,15,17)(H,16,18,19). The van der Waals surface area contributed by atoms with Gasteiger partial charge in [-0.25, -0.2) is 9.97 Å². The van der Waals surface area contributed by atoms with Crippen LogP contribution in [-0.2, 0) is 9.59 Å². The van der Waals surface area contributed by atoms with Crippen LogP contribution in [0.3, 0.4) is 0 Å². The van der Waals surface area contributed by atoms with Crippen molar-refractivity contribution in [3.8, 4) is 0 Å². The summed E-state index contributed by atoms with van der Waals surface area (Å²) >= 11 is 0. The number of nitrogen functional groups attached to an aromatic ring is 1. The summed E-state index contributed by atoms with van der Waals surface area (Å²) in [6.45, 7) is 0. The number of carbonyl (C=O) groups is 2. The van der Waals surface area contributed by atoms with Gasteiger partial charge in [0.25, 0.3) is 0 Å². The van der Waals surface area contributed by atoms with Crippen molar-refractivity contribution in [1.82, 2.24) is 15.3 Å². The molecular weight excluding hydrogens is 244 g/mol. The van der Waals surface area contributed by atoms with E-state index in [-0.39, 0.29) is 11.8 Å². The van der Waals surface area contributed by atoms with Gasteiger partial charge in [0.15, 0.2) is 0 Å². The molecule has 1 aromatic heterocycles. The molecule has 0 aliphatic carbocycles. The van der Waals surface area contributed by atoms with Gasteiger partial charge in [-0.3, -0.25) is 14.9 Å². The van der Waals surface area contributed by atoms with Crippen LogP contribution in [0.2, 0.25) is 0 Å². The molecule has 2 amide bonds. The van der Waals surface area contributed by atoms with Gasteiger partial charge >= 0.3 is 0 Å². The number of fused-ring (bicyclic) bond motifs is 1. The van der Waals surface area contributed by atoms with Gasteiger partial charge < -0.3 is 5.73 Å². The minimum Gasteiger partial charge on any atom is -0.383 e. The molecule has 1 atom stereocenters. The Bertz CT molecular complexity index is 683. The fourth-order valence-electron chi connectivity index (χ4n) is 2.22. The smallest absolute Gasteiger partial charge is 0.237 e. The molecule has 6 heteroatoms. The van der Waals surface area contributed by atoms with E-state index in [9.17, 15) is 9.59 Å². The van der Waals surface area contributed by atoms with Crippen LogP contribution in [0.15, 0.2) is 24.3 Å². The predicted octanol–water partition coefficient (Wildman–Crippen LogP) is 0.732. The van der Waals surface area contributed by atoms with Crippen molar-refractivity contribution in [2.75, 3.05) is 5.73 Å². The van der Waals surface area contributed by atoms with Gasteiger partial charge in [-0.1, -0.05) is 12.1 Å². The Balaban J connectivity index is 2.06. The van der Waals surface area contributed by atoms with Crippen molar-refractivity contribution in [3.05, 3.63) is 30.1 Å². The zero-order valence-electron chi connectivity index (χ0n) is 10.1. The number of nitrogens with zero attached hydrogens (tertiary/aromatic N) is 2. The second-order valence-corrected chi connectivity index (χ2v) is 4.49. The van der Waals surface area contributed by atoms with Gasteiger partial charge in [0.1, 0.15) is 11.6 Å². The summed E-state index contributed by atoms with van der Waals surface area (Å²) in [6.07, 6.45) is 0.717. The number of hydrogen-bond acceptors (Lipinski definition) is 5. The van der Waals surface area contributed by atoms with E-state index in [2.05, 4.69) is 15.3 Å². The Morgan fingerprint density at radius 3 is 2.79 bits per heavy atom. The number of para-hydroxylation sites is 1. The maximum absolute atomic E-state index is 11.8. The quantitative estimate of drug-likeness (QED) is 0.733. The molecule has 3 N–H and O–H groups in total. The largest absolute Gasteiger partial charge is 0.383 e. The second-order valence-electron chi connectivity index (χ2n) is 4.49. The summed E-state index contributed by atoms with van der Waals surface area (Å²) in [6, 6.07) is 7.36. The lowest BCUT2D eigenvalue weighted by atomic mass is 9.97. The van der Waals surface area contributed by atoms with E-state index in [4.69, 9.17) is 5.73 Å². The predicted molar refractivity (Wildman–Crippen MR) is 69.1 cm³/mol. The Morgan fingerprint density at radius 1 is 1.21 bits per heavy atom. The highest BCUT2D eigenvalue weighted by molar-refractivity contribution is 6.01. The van der Waals surface area contributed by atoms with Crippen molar-refractivity contribution in [2.45, 2.75) is 18.8 Å². The van der Waals surface area contributed by atoms with Gasteiger partial charge in [-0.2, -0.15) is 0 Å². The molecule has 1 unspecified atom stereocenters. The third-order valence-electron chi connectivity index (χ3n) is 3.20. The van der Waals surface area contributed by atoms with Crippen molar-refractivity contribution in [3.63, 3.8) is 0 Å². The van der Waals surface area contributed by atoms with Gasteiger partial charge in [0.2, 0.25) is 11.8 Å². The summed E-state index contributed by atoms with van der Waals surface area (Å²) in [5, 5.41) is 3.06. The van der Waals surface area contributed by atoms with Crippen molar-refractivity contribution in [1.29, 1.82) is 0 Å². The van der Waals surface area contributed by atoms with E-state index in [1.54, 1.807) is 0 Å². The number of imide groups is 1. The van der Waals surface area contributed by atoms with Gasteiger partial charge in [-0.05, 0) is 18.6 Å². The SMILES string of the molecule is Nc1nc(C2CCC(=O)NC2=O)nc2ccccc12. The number of carbonyl (C=O) groups excluding carboxylic acids is 2. The van der Waals surface area contributed by atoms with Gasteiger partial charge in [0.05, 0.1) is 11.4 Å². The van der Waals surface area contributed by atoms with Crippen LogP contribution in [0.5, 0.6) is 0 Å². The van der Waals surface area contributed by atoms with Crippen molar-refractivity contribution in [2.24, 2.45) is 0 Å². The molecule has 0 spiro atoms. The number of rotatable bonds is 1. The Hall–Kier alpha value is -2.50. The average molecular weight is 256 g/mol. The number of benzene rings is 1. The monoisotopic (exact) mass is 256 g/mol. The van der Waals surface area contributed by atoms with Crippen LogP contribution >= 0.6 is 0 Å². The molecule has 0 bridgehead atoms. The van der Waals surface area contributed by atoms with Crippen LogP contribution in [0.25, 0.3) is 10.9 Å². The number of piperidine rings is 1. The number of aromatic nitrogens is 2. The molecule has 0 saturated carbocycles. The normalized spacial score (nSPS) is 19.5. The third kappa shape index (κ3) is 2.01. The first kappa shape index (κ1) is 11.6. The fraction of sp³-hybridized carbons (Fsp3) is 0.231. The van der Waals surface area contributed by atoms with E-state index in [1.165, 1.54) is 0 Å². The molecule has 19 heavy (non-hydrogen) atoms. The maximum Gasteiger partial charge on any atom is 0.237 e. The summed E-state index contributed by atoms with van der Waals surface area (Å²) in [7, 11) is 0. The average Bonchev–Trinajstić information content (AvgIpc) is 2.38. The molecular formula is C13H12N4O2. The maximum atomic E-state index is 11.8. The number of amides is 2. The van der Waals surface area contributed by atoms with Crippen LogP contribution in [0.1, 0.15) is 24.6 Å². The molecule has 1 aliphatic rings. The zero-order valence-corrected chi connectivity index (χ0v) is 10.1. The fourth-order valence-corrected chi connectivity index (χ4v) is 2.22. The Labute approximate surface area is 109 Å². The lowest BCUT2D eigenvalue weighted by molar-refractivity contribution is -0.134. The summed E-state index contributed by atoms with van der Waals surface area (Å²) < 4.78 is 0. The van der Waals surface area contributed by atoms with E-state index < -0.39 is 5.92 Å². The lowest BCUT2D eigenvalue weighted by Crippen LogP contribution is -2.40. The zero-order chi connectivity index (χ0) is 13.4.